The molecule has 0 aliphatic heterocycles. The van der Waals surface area contributed by atoms with Gasteiger partial charge >= 0.3 is 29.6 Å². The van der Waals surface area contributed by atoms with E-state index < -0.39 is 0 Å². The van der Waals surface area contributed by atoms with Crippen molar-refractivity contribution < 1.29 is 31.0 Å². The molecule has 64 valence electrons. The summed E-state index contributed by atoms with van der Waals surface area (Å²) in [5.74, 6) is 0. The van der Waals surface area contributed by atoms with Crippen molar-refractivity contribution in [3.63, 3.8) is 0 Å². The molecule has 0 bridgehead atoms. The first kappa shape index (κ1) is 12.7. The maximum absolute atomic E-state index is 2.34. The minimum Gasteiger partial charge on any atom is -1.00 e. The molecule has 0 aromatic rings. The molecule has 1 aliphatic rings. The predicted molar refractivity (Wildman–Crippen MR) is 55.9 cm³/mol. The van der Waals surface area contributed by atoms with Gasteiger partial charge < -0.3 is 1.43 Å². The minimum atomic E-state index is 0. The van der Waals surface area contributed by atoms with E-state index in [1.807, 2.05) is 0 Å². The molecular formula is C10H19NaSi. The number of hydrogen-bond donors (Lipinski definition) is 0. The largest absolute Gasteiger partial charge is 1.00 e. The molecule has 0 radical (unpaired) electrons. The number of hydrogen-bond acceptors (Lipinski definition) is 0. The molecule has 0 amide bonds. The fraction of sp³-hybridized carbons (Fsp3) is 0.600. The zero-order chi connectivity index (χ0) is 8.81. The first-order chi connectivity index (χ1) is 4.89. The second kappa shape index (κ2) is 3.83. The van der Waals surface area contributed by atoms with Crippen LogP contribution in [0.1, 0.15) is 36.0 Å². The monoisotopic (exact) mass is 190 g/mol. The van der Waals surface area contributed by atoms with E-state index in [1.54, 1.807) is 16.3 Å². The van der Waals surface area contributed by atoms with Crippen LogP contribution in [0, 0.1) is 5.41 Å². The Balaban J connectivity index is 0. The SMILES string of the molecule is CC1=C(C)C(C)(C)C([SiH3])=C1C.[H-].[Na+]. The van der Waals surface area contributed by atoms with Crippen LogP contribution in [0.4, 0.5) is 0 Å². The second-order valence-corrected chi connectivity index (χ2v) is 5.12. The van der Waals surface area contributed by atoms with E-state index in [0.717, 1.165) is 0 Å². The summed E-state index contributed by atoms with van der Waals surface area (Å²) in [7, 11) is 1.21. The number of allylic oxidation sites excluding steroid dienone is 4. The smallest absolute Gasteiger partial charge is 1.00 e. The van der Waals surface area contributed by atoms with Crippen molar-refractivity contribution in [3.8, 4) is 0 Å². The Morgan fingerprint density at radius 3 is 1.58 bits per heavy atom. The van der Waals surface area contributed by atoms with Crippen LogP contribution in [-0.4, -0.2) is 10.2 Å². The topological polar surface area (TPSA) is 0 Å². The molecule has 2 heteroatoms. The molecule has 0 nitrogen and oxygen atoms in total. The fourth-order valence-electron chi connectivity index (χ4n) is 1.78. The predicted octanol–water partition coefficient (Wildman–Crippen LogP) is -0.882. The third-order valence-corrected chi connectivity index (χ3v) is 5.56. The Bertz CT molecular complexity index is 238. The molecule has 0 aromatic carbocycles. The minimum absolute atomic E-state index is 0. The second-order valence-electron chi connectivity index (χ2n) is 4.12. The Morgan fingerprint density at radius 2 is 1.50 bits per heavy atom. The van der Waals surface area contributed by atoms with Crippen molar-refractivity contribution >= 4 is 10.2 Å². The van der Waals surface area contributed by atoms with Gasteiger partial charge in [-0.25, -0.2) is 0 Å². The van der Waals surface area contributed by atoms with Crippen LogP contribution in [0.2, 0.25) is 0 Å². The van der Waals surface area contributed by atoms with E-state index >= 15 is 0 Å². The first-order valence-electron chi connectivity index (χ1n) is 4.25. The molecule has 0 heterocycles. The fourth-order valence-corrected chi connectivity index (χ4v) is 2.53. The van der Waals surface area contributed by atoms with Crippen molar-refractivity contribution in [2.75, 3.05) is 0 Å². The van der Waals surface area contributed by atoms with Gasteiger partial charge in [0, 0.05) is 15.7 Å². The van der Waals surface area contributed by atoms with Gasteiger partial charge in [-0.2, -0.15) is 0 Å². The van der Waals surface area contributed by atoms with Gasteiger partial charge in [0.15, 0.2) is 0 Å². The van der Waals surface area contributed by atoms with Crippen molar-refractivity contribution in [1.82, 2.24) is 0 Å². The van der Waals surface area contributed by atoms with Gasteiger partial charge in [-0.1, -0.05) is 30.2 Å². The van der Waals surface area contributed by atoms with Crippen LogP contribution in [0.3, 0.4) is 0 Å². The quantitative estimate of drug-likeness (QED) is 0.435. The van der Waals surface area contributed by atoms with Crippen LogP contribution in [0.15, 0.2) is 21.9 Å². The molecule has 0 spiro atoms. The molecule has 1 rings (SSSR count). The van der Waals surface area contributed by atoms with Crippen LogP contribution >= 0.6 is 0 Å². The van der Waals surface area contributed by atoms with Gasteiger partial charge in [-0.15, -0.1) is 0 Å². The Labute approximate surface area is 103 Å². The average Bonchev–Trinajstić information content (AvgIpc) is 2.06. The van der Waals surface area contributed by atoms with E-state index in [1.165, 1.54) is 15.8 Å². The van der Waals surface area contributed by atoms with E-state index in [2.05, 4.69) is 34.6 Å². The normalized spacial score (nSPS) is 21.8. The van der Waals surface area contributed by atoms with Crippen LogP contribution in [0.25, 0.3) is 0 Å². The summed E-state index contributed by atoms with van der Waals surface area (Å²) < 4.78 is 0. The Hall–Kier alpha value is 0.697. The van der Waals surface area contributed by atoms with Crippen molar-refractivity contribution in [1.29, 1.82) is 0 Å². The van der Waals surface area contributed by atoms with Gasteiger partial charge in [0.1, 0.15) is 0 Å². The molecule has 0 atom stereocenters. The van der Waals surface area contributed by atoms with Gasteiger partial charge in [0.05, 0.1) is 0 Å². The zero-order valence-corrected chi connectivity index (χ0v) is 13.5. The molecule has 12 heavy (non-hydrogen) atoms. The molecule has 0 saturated heterocycles. The summed E-state index contributed by atoms with van der Waals surface area (Å²) in [6.45, 7) is 11.5. The molecule has 0 fully saturated rings. The summed E-state index contributed by atoms with van der Waals surface area (Å²) in [4.78, 5) is 0. The van der Waals surface area contributed by atoms with Gasteiger partial charge in [0.2, 0.25) is 0 Å². The van der Waals surface area contributed by atoms with Gasteiger partial charge in [-0.05, 0) is 26.3 Å². The van der Waals surface area contributed by atoms with E-state index in [4.69, 9.17) is 0 Å². The average molecular weight is 190 g/mol. The van der Waals surface area contributed by atoms with Crippen LogP contribution in [-0.2, 0) is 0 Å². The summed E-state index contributed by atoms with van der Waals surface area (Å²) in [5, 5.41) is 1.67. The van der Waals surface area contributed by atoms with E-state index in [-0.39, 0.29) is 31.0 Å². The van der Waals surface area contributed by atoms with E-state index in [9.17, 15) is 0 Å². The van der Waals surface area contributed by atoms with Crippen molar-refractivity contribution in [3.05, 3.63) is 21.9 Å². The standard InChI is InChI=1S/C10H18Si.Na.H/c1-6-7(2)9(11)10(4,5)8(6)3;;/h1-5,11H3;;/q;+1;-1. The van der Waals surface area contributed by atoms with Crippen LogP contribution in [0.5, 0.6) is 0 Å². The summed E-state index contributed by atoms with van der Waals surface area (Å²) in [6.07, 6.45) is 0. The van der Waals surface area contributed by atoms with Gasteiger partial charge in [0.25, 0.3) is 0 Å². The maximum Gasteiger partial charge on any atom is 1.00 e. The molecule has 1 aliphatic carbocycles. The van der Waals surface area contributed by atoms with Crippen molar-refractivity contribution in [2.24, 2.45) is 5.41 Å². The van der Waals surface area contributed by atoms with Crippen LogP contribution < -0.4 is 29.6 Å². The third-order valence-electron chi connectivity index (χ3n) is 3.56. The summed E-state index contributed by atoms with van der Waals surface area (Å²) in [6, 6.07) is 0. The molecule has 0 unspecified atom stereocenters. The molecular weight excluding hydrogens is 171 g/mol. The van der Waals surface area contributed by atoms with Crippen molar-refractivity contribution in [2.45, 2.75) is 34.6 Å². The molecule has 0 saturated carbocycles. The zero-order valence-electron chi connectivity index (χ0n) is 10.5. The molecule has 0 N–H and O–H groups in total. The molecule has 0 aromatic heterocycles. The Kier molecular flexibility index (Phi) is 4.05. The number of rotatable bonds is 0. The maximum atomic E-state index is 2.34. The summed E-state index contributed by atoms with van der Waals surface area (Å²) >= 11 is 0. The summed E-state index contributed by atoms with van der Waals surface area (Å²) in [5.41, 5.74) is 5.03. The first-order valence-corrected chi connectivity index (χ1v) is 5.25. The third kappa shape index (κ3) is 1.65. The Morgan fingerprint density at radius 1 is 1.08 bits per heavy atom. The van der Waals surface area contributed by atoms with Gasteiger partial charge in [-0.3, -0.25) is 0 Å². The van der Waals surface area contributed by atoms with E-state index in [0.29, 0.717) is 5.41 Å².